The Hall–Kier alpha value is -6.03. The molecule has 4 bridgehead atoms. The van der Waals surface area contributed by atoms with E-state index in [1.54, 1.807) is 5.57 Å². The van der Waals surface area contributed by atoms with Crippen molar-refractivity contribution in [3.63, 3.8) is 0 Å². The minimum atomic E-state index is -0.176. The highest BCUT2D eigenvalue weighted by Gasteiger charge is 2.41. The summed E-state index contributed by atoms with van der Waals surface area (Å²) in [4.78, 5) is 2.61. The average molecular weight is 751 g/mol. The fraction of sp³-hybridized carbons (Fsp3) is 0.148. The molecule has 0 amide bonds. The van der Waals surface area contributed by atoms with Crippen molar-refractivity contribution in [3.05, 3.63) is 206 Å². The summed E-state index contributed by atoms with van der Waals surface area (Å²) < 4.78 is 2.56. The van der Waals surface area contributed by atoms with Crippen LogP contribution < -0.4 is 9.21 Å². The van der Waals surface area contributed by atoms with Crippen molar-refractivity contribution in [2.75, 3.05) is 9.21 Å². The van der Waals surface area contributed by atoms with E-state index in [1.807, 2.05) is 11.9 Å². The van der Waals surface area contributed by atoms with Crippen LogP contribution in [-0.4, -0.2) is 0 Å². The van der Waals surface area contributed by atoms with Gasteiger partial charge in [-0.25, -0.2) is 0 Å². The molecule has 3 heteroatoms. The van der Waals surface area contributed by atoms with Gasteiger partial charge in [-0.15, -0.1) is 0 Å². The lowest BCUT2D eigenvalue weighted by molar-refractivity contribution is 0.635. The molecule has 3 aliphatic heterocycles. The Balaban J connectivity index is 1.27. The van der Waals surface area contributed by atoms with Gasteiger partial charge in [-0.1, -0.05) is 134 Å². The lowest BCUT2D eigenvalue weighted by Gasteiger charge is -2.43. The van der Waals surface area contributed by atoms with Gasteiger partial charge < -0.3 is 4.90 Å². The van der Waals surface area contributed by atoms with Crippen LogP contribution in [0.2, 0.25) is 0 Å². The molecule has 0 N–H and O–H groups in total. The third-order valence-corrected chi connectivity index (χ3v) is 14.2. The van der Waals surface area contributed by atoms with Crippen LogP contribution in [0, 0.1) is 6.92 Å². The maximum atomic E-state index is 2.61. The molecule has 3 aliphatic carbocycles. The molecule has 0 saturated carbocycles. The number of aryl methyl sites for hydroxylation is 1. The van der Waals surface area contributed by atoms with E-state index >= 15 is 0 Å². The van der Waals surface area contributed by atoms with Crippen LogP contribution in [-0.2, 0) is 18.3 Å². The maximum absolute atomic E-state index is 2.61. The van der Waals surface area contributed by atoms with Gasteiger partial charge in [-0.3, -0.25) is 4.31 Å². The number of nitrogens with zero attached hydrogens (tertiary/aromatic N) is 2. The molecule has 6 aromatic rings. The summed E-state index contributed by atoms with van der Waals surface area (Å²) in [7, 11) is 0. The smallest absolute Gasteiger partial charge is 0.0648 e. The number of hydrogen-bond acceptors (Lipinski definition) is 3. The van der Waals surface area contributed by atoms with E-state index in [9.17, 15) is 0 Å². The first-order valence-corrected chi connectivity index (χ1v) is 21.2. The first-order valence-electron chi connectivity index (χ1n) is 20.4. The number of allylic oxidation sites excluding steroid dienone is 7. The minimum absolute atomic E-state index is 0.176. The molecule has 0 fully saturated rings. The molecule has 0 spiro atoms. The Morgan fingerprint density at radius 1 is 0.667 bits per heavy atom. The maximum Gasteiger partial charge on any atom is 0.0648 e. The van der Waals surface area contributed by atoms with Crippen molar-refractivity contribution in [1.29, 1.82) is 0 Å². The van der Waals surface area contributed by atoms with E-state index in [-0.39, 0.29) is 5.41 Å². The normalized spacial score (nSPS) is 20.4. The third-order valence-electron chi connectivity index (χ3n) is 13.3. The highest BCUT2D eigenvalue weighted by molar-refractivity contribution is 8.03. The summed E-state index contributed by atoms with van der Waals surface area (Å²) in [5, 5.41) is 2.44. The third kappa shape index (κ3) is 4.79. The van der Waals surface area contributed by atoms with Crippen molar-refractivity contribution < 1.29 is 0 Å². The standard InChI is InChI=1S/C54H42N2S/c1-33-24-25-49(43(26-33)34-14-5-4-6-15-34)55-38-30-42-37(27-35-16-7-9-18-39(35)42)29-46-51(55)31-44-40-19-10-8-17-36(40)28-45(44)52(46)41-20-13-22-48-53(41)56(57-32-38)50-23-12-11-21-47(50)54(48,2)3/h4-7,9-16,18-26,29-32H,8,17,27-28H2,1-3H3/b37-29-,38-32+,42-30+. The minimum Gasteiger partial charge on any atom is -0.309 e. The van der Waals surface area contributed by atoms with Gasteiger partial charge in [0.05, 0.1) is 28.4 Å². The van der Waals surface area contributed by atoms with Gasteiger partial charge >= 0.3 is 0 Å². The van der Waals surface area contributed by atoms with Crippen LogP contribution in [0.15, 0.2) is 162 Å². The number of hydrogen-bond donors (Lipinski definition) is 0. The average Bonchev–Trinajstić information content (AvgIpc) is 3.77. The molecule has 0 atom stereocenters. The molecule has 2 nitrogen and oxygen atoms in total. The first kappa shape index (κ1) is 33.1. The molecule has 12 rings (SSSR count). The van der Waals surface area contributed by atoms with Crippen molar-refractivity contribution >= 4 is 51.9 Å². The van der Waals surface area contributed by atoms with E-state index in [1.165, 1.54) is 112 Å². The van der Waals surface area contributed by atoms with Gasteiger partial charge in [0.1, 0.15) is 0 Å². The predicted octanol–water partition coefficient (Wildman–Crippen LogP) is 14.4. The van der Waals surface area contributed by atoms with Crippen LogP contribution in [0.25, 0.3) is 39.5 Å². The fourth-order valence-corrected chi connectivity index (χ4v) is 11.6. The van der Waals surface area contributed by atoms with Gasteiger partial charge in [0.15, 0.2) is 0 Å². The fourth-order valence-electron chi connectivity index (χ4n) is 10.6. The van der Waals surface area contributed by atoms with Crippen molar-refractivity contribution in [1.82, 2.24) is 0 Å². The highest BCUT2D eigenvalue weighted by atomic mass is 32.2. The molecule has 274 valence electrons. The van der Waals surface area contributed by atoms with Crippen LogP contribution in [0.5, 0.6) is 0 Å². The van der Waals surface area contributed by atoms with Crippen LogP contribution >= 0.6 is 11.9 Å². The molecule has 0 saturated heterocycles. The Bertz CT molecular complexity index is 2920. The first-order chi connectivity index (χ1) is 27.9. The summed E-state index contributed by atoms with van der Waals surface area (Å²) in [6.45, 7) is 7.04. The second-order valence-corrected chi connectivity index (χ2v) is 17.7. The molecule has 6 aromatic carbocycles. The zero-order chi connectivity index (χ0) is 38.0. The Morgan fingerprint density at radius 3 is 2.39 bits per heavy atom. The van der Waals surface area contributed by atoms with Gasteiger partial charge in [0.25, 0.3) is 0 Å². The molecule has 0 radical (unpaired) electrons. The van der Waals surface area contributed by atoms with Gasteiger partial charge in [-0.05, 0) is 142 Å². The SMILES string of the molecule is Cc1ccc(N2C3=C\SN4c5ccccc5C(C)(C)c5cccc(c54)-c4c(c2cc2c4CC4=C2C=CCC4)/C=C2/Cc4ccccc4/C2=C/3)c(-c2ccccc2)c1. The van der Waals surface area contributed by atoms with E-state index in [4.69, 9.17) is 0 Å². The number of rotatable bonds is 2. The zero-order valence-corrected chi connectivity index (χ0v) is 33.4. The van der Waals surface area contributed by atoms with E-state index in [2.05, 4.69) is 181 Å². The summed E-state index contributed by atoms with van der Waals surface area (Å²) in [6, 6.07) is 45.8. The number of anilines is 4. The van der Waals surface area contributed by atoms with Crippen LogP contribution in [0.1, 0.15) is 71.2 Å². The quantitative estimate of drug-likeness (QED) is 0.163. The Morgan fingerprint density at radius 2 is 1.47 bits per heavy atom. The summed E-state index contributed by atoms with van der Waals surface area (Å²) in [6.07, 6.45) is 14.0. The van der Waals surface area contributed by atoms with Crippen molar-refractivity contribution in [2.24, 2.45) is 0 Å². The topological polar surface area (TPSA) is 6.48 Å². The Labute approximate surface area is 340 Å². The second-order valence-electron chi connectivity index (χ2n) is 16.9. The summed E-state index contributed by atoms with van der Waals surface area (Å²) in [5.74, 6) is 0. The largest absolute Gasteiger partial charge is 0.309 e. The van der Waals surface area contributed by atoms with E-state index in [0.717, 1.165) is 25.7 Å². The molecule has 0 unspecified atom stereocenters. The van der Waals surface area contributed by atoms with Crippen LogP contribution in [0.3, 0.4) is 0 Å². The second kappa shape index (κ2) is 12.2. The number of benzene rings is 6. The molecule has 57 heavy (non-hydrogen) atoms. The predicted molar refractivity (Wildman–Crippen MR) is 242 cm³/mol. The number of para-hydroxylation sites is 2. The van der Waals surface area contributed by atoms with Gasteiger partial charge in [0, 0.05) is 27.5 Å². The lowest BCUT2D eigenvalue weighted by Crippen LogP contribution is -2.30. The summed E-state index contributed by atoms with van der Waals surface area (Å²) >= 11 is 1.83. The highest BCUT2D eigenvalue weighted by Crippen LogP contribution is 2.60. The zero-order valence-electron chi connectivity index (χ0n) is 32.6. The summed E-state index contributed by atoms with van der Waals surface area (Å²) in [5.41, 5.74) is 27.8. The lowest BCUT2D eigenvalue weighted by atomic mass is 9.72. The van der Waals surface area contributed by atoms with Gasteiger partial charge in [-0.2, -0.15) is 0 Å². The molecule has 3 heterocycles. The van der Waals surface area contributed by atoms with Crippen molar-refractivity contribution in [2.45, 2.75) is 51.9 Å². The van der Waals surface area contributed by atoms with E-state index in [0.29, 0.717) is 0 Å². The Kier molecular flexibility index (Phi) is 7.11. The van der Waals surface area contributed by atoms with Gasteiger partial charge in [0.2, 0.25) is 0 Å². The number of fused-ring (bicyclic) bond motifs is 10. The monoisotopic (exact) mass is 750 g/mol. The molecule has 6 aliphatic rings. The van der Waals surface area contributed by atoms with Crippen molar-refractivity contribution in [3.8, 4) is 22.3 Å². The van der Waals surface area contributed by atoms with Crippen LogP contribution in [0.4, 0.5) is 22.7 Å². The molecule has 0 aromatic heterocycles. The molecular formula is C54H42N2S. The van der Waals surface area contributed by atoms with E-state index < -0.39 is 0 Å². The molecular weight excluding hydrogens is 709 g/mol.